The molecule has 0 fully saturated rings. The van der Waals surface area contributed by atoms with E-state index in [1.165, 1.54) is 4.68 Å². The predicted molar refractivity (Wildman–Crippen MR) is 62.6 cm³/mol. The lowest BCUT2D eigenvalue weighted by molar-refractivity contribution is -0.143. The number of carboxylic acid groups (broad SMARTS) is 1. The highest BCUT2D eigenvalue weighted by molar-refractivity contribution is 5.72. The van der Waals surface area contributed by atoms with E-state index < -0.39 is 12.0 Å². The van der Waals surface area contributed by atoms with E-state index in [0.717, 1.165) is 6.42 Å². The molecule has 0 aliphatic carbocycles. The zero-order valence-electron chi connectivity index (χ0n) is 11.0. The van der Waals surface area contributed by atoms with Crippen molar-refractivity contribution in [2.45, 2.75) is 52.5 Å². The summed E-state index contributed by atoms with van der Waals surface area (Å²) in [4.78, 5) is 11.4. The van der Waals surface area contributed by atoms with Crippen molar-refractivity contribution < 1.29 is 9.90 Å². The fourth-order valence-corrected chi connectivity index (χ4v) is 1.69. The molecule has 1 aromatic rings. The van der Waals surface area contributed by atoms with Gasteiger partial charge in [0, 0.05) is 5.41 Å². The van der Waals surface area contributed by atoms with Crippen molar-refractivity contribution in [3.8, 4) is 0 Å². The minimum atomic E-state index is -0.892. The number of aromatic nitrogens is 4. The number of hydrogen-bond acceptors (Lipinski definition) is 4. The van der Waals surface area contributed by atoms with Crippen LogP contribution in [0.25, 0.3) is 0 Å². The van der Waals surface area contributed by atoms with Crippen molar-refractivity contribution in [3.63, 3.8) is 0 Å². The first-order valence-electron chi connectivity index (χ1n) is 5.80. The molecule has 0 aromatic carbocycles. The molecule has 2 unspecified atom stereocenters. The molecule has 17 heavy (non-hydrogen) atoms. The Hall–Kier alpha value is -1.46. The number of aliphatic carboxylic acids is 1. The Labute approximate surface area is 101 Å². The monoisotopic (exact) mass is 240 g/mol. The van der Waals surface area contributed by atoms with Gasteiger partial charge in [-0.15, -0.1) is 5.10 Å². The van der Waals surface area contributed by atoms with Crippen LogP contribution in [0.5, 0.6) is 0 Å². The molecular weight excluding hydrogens is 220 g/mol. The first-order chi connectivity index (χ1) is 7.79. The minimum absolute atomic E-state index is 0.0166. The fraction of sp³-hybridized carbons (Fsp3) is 0.818. The van der Waals surface area contributed by atoms with Crippen LogP contribution in [0, 0.1) is 5.92 Å². The lowest BCUT2D eigenvalue weighted by atomic mass is 9.93. The van der Waals surface area contributed by atoms with E-state index >= 15 is 0 Å². The van der Waals surface area contributed by atoms with Gasteiger partial charge in [-0.05, 0) is 16.3 Å². The van der Waals surface area contributed by atoms with Crippen molar-refractivity contribution in [2.75, 3.05) is 0 Å². The van der Waals surface area contributed by atoms with Crippen LogP contribution in [-0.4, -0.2) is 31.3 Å². The van der Waals surface area contributed by atoms with Crippen LogP contribution >= 0.6 is 0 Å². The molecule has 2 atom stereocenters. The van der Waals surface area contributed by atoms with Crippen LogP contribution in [-0.2, 0) is 10.2 Å². The molecule has 6 nitrogen and oxygen atoms in total. The van der Waals surface area contributed by atoms with Crippen LogP contribution in [0.2, 0.25) is 0 Å². The number of carbonyl (C=O) groups is 1. The molecule has 1 heterocycles. The third kappa shape index (κ3) is 2.81. The molecule has 0 aliphatic heterocycles. The van der Waals surface area contributed by atoms with Gasteiger partial charge in [0.1, 0.15) is 0 Å². The van der Waals surface area contributed by atoms with E-state index in [4.69, 9.17) is 0 Å². The van der Waals surface area contributed by atoms with Gasteiger partial charge in [0.15, 0.2) is 11.9 Å². The fourth-order valence-electron chi connectivity index (χ4n) is 1.69. The molecular formula is C11H20N4O2. The smallest absolute Gasteiger partial charge is 0.328 e. The Morgan fingerprint density at radius 2 is 2.06 bits per heavy atom. The molecule has 0 saturated heterocycles. The molecule has 0 saturated carbocycles. The average molecular weight is 240 g/mol. The van der Waals surface area contributed by atoms with Crippen molar-refractivity contribution in [1.29, 1.82) is 0 Å². The molecule has 0 spiro atoms. The molecule has 0 amide bonds. The number of hydrogen-bond donors (Lipinski definition) is 1. The largest absolute Gasteiger partial charge is 0.480 e. The predicted octanol–water partition coefficient (Wildman–Crippen LogP) is 1.64. The quantitative estimate of drug-likeness (QED) is 0.865. The zero-order chi connectivity index (χ0) is 13.2. The molecule has 96 valence electrons. The topological polar surface area (TPSA) is 80.9 Å². The molecule has 0 aliphatic rings. The van der Waals surface area contributed by atoms with Gasteiger partial charge in [-0.2, -0.15) is 0 Å². The third-order valence-electron chi connectivity index (χ3n) is 2.86. The highest BCUT2D eigenvalue weighted by Gasteiger charge is 2.32. The SMILES string of the molecule is CCC(C)C(C(=O)O)n1nnnc1C(C)(C)C. The van der Waals surface area contributed by atoms with Gasteiger partial charge in [-0.1, -0.05) is 41.0 Å². The molecule has 6 heteroatoms. The summed E-state index contributed by atoms with van der Waals surface area (Å²) in [7, 11) is 0. The van der Waals surface area contributed by atoms with Crippen LogP contribution in [0.3, 0.4) is 0 Å². The van der Waals surface area contributed by atoms with Crippen molar-refractivity contribution in [3.05, 3.63) is 5.82 Å². The normalized spacial score (nSPS) is 15.6. The number of carboxylic acids is 1. The zero-order valence-corrected chi connectivity index (χ0v) is 11.0. The van der Waals surface area contributed by atoms with Crippen LogP contribution < -0.4 is 0 Å². The van der Waals surface area contributed by atoms with E-state index in [-0.39, 0.29) is 11.3 Å². The Kier molecular flexibility index (Phi) is 3.85. The maximum absolute atomic E-state index is 11.4. The molecule has 1 N–H and O–H groups in total. The Balaban J connectivity index is 3.21. The first-order valence-corrected chi connectivity index (χ1v) is 5.80. The van der Waals surface area contributed by atoms with Crippen molar-refractivity contribution in [2.24, 2.45) is 5.92 Å². The van der Waals surface area contributed by atoms with Crippen LogP contribution in [0.15, 0.2) is 0 Å². The summed E-state index contributed by atoms with van der Waals surface area (Å²) in [5, 5.41) is 20.7. The van der Waals surface area contributed by atoms with Gasteiger partial charge in [-0.25, -0.2) is 9.48 Å². The summed E-state index contributed by atoms with van der Waals surface area (Å²) in [5.74, 6) is -0.306. The number of rotatable bonds is 4. The highest BCUT2D eigenvalue weighted by atomic mass is 16.4. The van der Waals surface area contributed by atoms with Gasteiger partial charge >= 0.3 is 5.97 Å². The Bertz CT molecular complexity index is 394. The van der Waals surface area contributed by atoms with Gasteiger partial charge < -0.3 is 5.11 Å². The van der Waals surface area contributed by atoms with E-state index in [2.05, 4.69) is 15.5 Å². The van der Waals surface area contributed by atoms with Crippen molar-refractivity contribution >= 4 is 5.97 Å². The average Bonchev–Trinajstić information content (AvgIpc) is 2.65. The summed E-state index contributed by atoms with van der Waals surface area (Å²) in [6, 6.07) is -0.704. The summed E-state index contributed by atoms with van der Waals surface area (Å²) in [6.07, 6.45) is 0.764. The second-order valence-electron chi connectivity index (χ2n) is 5.37. The number of tetrazole rings is 1. The summed E-state index contributed by atoms with van der Waals surface area (Å²) in [6.45, 7) is 9.74. The van der Waals surface area contributed by atoms with E-state index in [1.807, 2.05) is 34.6 Å². The van der Waals surface area contributed by atoms with E-state index in [1.54, 1.807) is 0 Å². The third-order valence-corrected chi connectivity index (χ3v) is 2.86. The summed E-state index contributed by atoms with van der Waals surface area (Å²) < 4.78 is 1.44. The Morgan fingerprint density at radius 3 is 2.47 bits per heavy atom. The van der Waals surface area contributed by atoms with Crippen molar-refractivity contribution in [1.82, 2.24) is 20.2 Å². The summed E-state index contributed by atoms with van der Waals surface area (Å²) in [5.41, 5.74) is -0.273. The lowest BCUT2D eigenvalue weighted by Crippen LogP contribution is -2.31. The maximum atomic E-state index is 11.4. The van der Waals surface area contributed by atoms with Gasteiger partial charge in [0.25, 0.3) is 0 Å². The van der Waals surface area contributed by atoms with Crippen LogP contribution in [0.1, 0.15) is 52.9 Å². The van der Waals surface area contributed by atoms with E-state index in [9.17, 15) is 9.90 Å². The second kappa shape index (κ2) is 4.81. The summed E-state index contributed by atoms with van der Waals surface area (Å²) >= 11 is 0. The lowest BCUT2D eigenvalue weighted by Gasteiger charge is -2.24. The molecule has 1 aromatic heterocycles. The van der Waals surface area contributed by atoms with Crippen LogP contribution in [0.4, 0.5) is 0 Å². The van der Waals surface area contributed by atoms with Gasteiger partial charge in [0.2, 0.25) is 0 Å². The van der Waals surface area contributed by atoms with E-state index in [0.29, 0.717) is 5.82 Å². The van der Waals surface area contributed by atoms with Gasteiger partial charge in [0.05, 0.1) is 0 Å². The molecule has 0 radical (unpaired) electrons. The number of nitrogens with zero attached hydrogens (tertiary/aromatic N) is 4. The Morgan fingerprint density at radius 1 is 1.47 bits per heavy atom. The minimum Gasteiger partial charge on any atom is -0.480 e. The maximum Gasteiger partial charge on any atom is 0.328 e. The second-order valence-corrected chi connectivity index (χ2v) is 5.37. The van der Waals surface area contributed by atoms with Gasteiger partial charge in [-0.3, -0.25) is 0 Å². The first kappa shape index (κ1) is 13.6. The molecule has 0 bridgehead atoms. The highest BCUT2D eigenvalue weighted by Crippen LogP contribution is 2.26. The molecule has 1 rings (SSSR count). The standard InChI is InChI=1S/C11H20N4O2/c1-6-7(2)8(9(16)17)15-10(11(3,4)5)12-13-14-15/h7-8H,6H2,1-5H3,(H,16,17).